The smallest absolute Gasteiger partial charge is 0.356 e. The van der Waals surface area contributed by atoms with E-state index in [0.29, 0.717) is 18.2 Å². The summed E-state index contributed by atoms with van der Waals surface area (Å²) >= 11 is 3.45. The van der Waals surface area contributed by atoms with Crippen molar-refractivity contribution in [2.45, 2.75) is 18.9 Å². The molecule has 1 fully saturated rings. The van der Waals surface area contributed by atoms with Gasteiger partial charge < -0.3 is 19.6 Å². The lowest BCUT2D eigenvalue weighted by atomic mass is 9.83. The number of benzene rings is 1. The molecule has 1 amide bonds. The quantitative estimate of drug-likeness (QED) is 0.539. The van der Waals surface area contributed by atoms with E-state index < -0.39 is 5.97 Å². The minimum absolute atomic E-state index is 0.0456. The Labute approximate surface area is 192 Å². The Bertz CT molecular complexity index is 1280. The number of rotatable bonds is 4. The third-order valence-corrected chi connectivity index (χ3v) is 6.83. The first-order valence-corrected chi connectivity index (χ1v) is 11.3. The van der Waals surface area contributed by atoms with Crippen LogP contribution in [0, 0.1) is 5.92 Å². The van der Waals surface area contributed by atoms with E-state index in [2.05, 4.69) is 31.1 Å². The number of ether oxygens (including phenoxy) is 1. The number of hydrogen-bond acceptors (Lipinski definition) is 5. The standard InChI is InChI=1S/C23H23BrN4O4/c1-32-23(31)22-21(16-8-15(24)5-6-17(16)25-22)26-19(29)12-27-9-13-7-14(11-27)18-3-2-4-20(30)28(18)10-13/h2-6,8,13-14,25H,7,9-12H2,1H3,(H,26,29)/t13-,14+/m1/s1. The van der Waals surface area contributed by atoms with Crippen LogP contribution in [0.4, 0.5) is 5.69 Å². The highest BCUT2D eigenvalue weighted by atomic mass is 79.9. The second-order valence-corrected chi connectivity index (χ2v) is 9.41. The molecule has 0 saturated carbocycles. The fraction of sp³-hybridized carbons (Fsp3) is 0.348. The summed E-state index contributed by atoms with van der Waals surface area (Å²) in [5, 5.41) is 3.66. The van der Waals surface area contributed by atoms with Gasteiger partial charge in [0.1, 0.15) is 5.69 Å². The van der Waals surface area contributed by atoms with Gasteiger partial charge >= 0.3 is 5.97 Å². The van der Waals surface area contributed by atoms with Crippen molar-refractivity contribution in [2.24, 2.45) is 5.92 Å². The van der Waals surface area contributed by atoms with Gasteiger partial charge in [0.25, 0.3) is 5.56 Å². The zero-order valence-corrected chi connectivity index (χ0v) is 19.1. The summed E-state index contributed by atoms with van der Waals surface area (Å²) < 4.78 is 7.61. The molecule has 8 nitrogen and oxygen atoms in total. The zero-order chi connectivity index (χ0) is 22.4. The molecule has 2 N–H and O–H groups in total. The number of H-pyrrole nitrogens is 1. The van der Waals surface area contributed by atoms with Gasteiger partial charge in [-0.05, 0) is 36.6 Å². The lowest BCUT2D eigenvalue weighted by Crippen LogP contribution is -2.49. The second kappa shape index (κ2) is 8.22. The number of nitrogens with zero attached hydrogens (tertiary/aromatic N) is 2. The van der Waals surface area contributed by atoms with Crippen LogP contribution in [0.25, 0.3) is 10.9 Å². The number of halogens is 1. The SMILES string of the molecule is COC(=O)c1[nH]c2ccc(Br)cc2c1NC(=O)CN1C[C@H]2C[C@@H](C1)c1cccc(=O)n1C2. The normalized spacial score (nSPS) is 20.1. The lowest BCUT2D eigenvalue weighted by Gasteiger charge is -2.42. The van der Waals surface area contributed by atoms with Crippen molar-refractivity contribution >= 4 is 44.4 Å². The number of fused-ring (bicyclic) bond motifs is 5. The fourth-order valence-corrected chi connectivity index (χ4v) is 5.42. The Morgan fingerprint density at radius 2 is 2.06 bits per heavy atom. The Morgan fingerprint density at radius 3 is 2.88 bits per heavy atom. The number of anilines is 1. The molecule has 4 heterocycles. The Balaban J connectivity index is 1.36. The van der Waals surface area contributed by atoms with Crippen LogP contribution in [-0.2, 0) is 16.1 Å². The summed E-state index contributed by atoms with van der Waals surface area (Å²) in [6, 6.07) is 11.0. The van der Waals surface area contributed by atoms with E-state index in [0.717, 1.165) is 40.6 Å². The summed E-state index contributed by atoms with van der Waals surface area (Å²) in [5.41, 5.74) is 2.47. The molecule has 2 bridgehead atoms. The average Bonchev–Trinajstić information content (AvgIpc) is 3.11. The molecular weight excluding hydrogens is 476 g/mol. The molecule has 0 unspecified atom stereocenters. The third kappa shape index (κ3) is 3.75. The number of likely N-dealkylation sites (tertiary alicyclic amines) is 1. The molecule has 2 atom stereocenters. The van der Waals surface area contributed by atoms with Crippen molar-refractivity contribution in [1.82, 2.24) is 14.5 Å². The maximum atomic E-state index is 13.0. The van der Waals surface area contributed by atoms with Gasteiger partial charge in [0.15, 0.2) is 0 Å². The molecule has 0 radical (unpaired) electrons. The van der Waals surface area contributed by atoms with E-state index in [9.17, 15) is 14.4 Å². The average molecular weight is 499 g/mol. The van der Waals surface area contributed by atoms with E-state index >= 15 is 0 Å². The van der Waals surface area contributed by atoms with Gasteiger partial charge in [-0.25, -0.2) is 4.79 Å². The van der Waals surface area contributed by atoms with Crippen molar-refractivity contribution < 1.29 is 14.3 Å². The number of carbonyl (C=O) groups is 2. The minimum atomic E-state index is -0.540. The topological polar surface area (TPSA) is 96.4 Å². The summed E-state index contributed by atoms with van der Waals surface area (Å²) in [4.78, 5) is 42.7. The van der Waals surface area contributed by atoms with Crippen molar-refractivity contribution in [3.05, 3.63) is 62.6 Å². The molecular formula is C23H23BrN4O4. The van der Waals surface area contributed by atoms with Crippen LogP contribution in [0.15, 0.2) is 45.7 Å². The van der Waals surface area contributed by atoms with Crippen LogP contribution < -0.4 is 10.9 Å². The largest absolute Gasteiger partial charge is 0.464 e. The highest BCUT2D eigenvalue weighted by Crippen LogP contribution is 2.35. The first kappa shape index (κ1) is 21.0. The first-order chi connectivity index (χ1) is 15.4. The van der Waals surface area contributed by atoms with E-state index in [1.165, 1.54) is 7.11 Å². The van der Waals surface area contributed by atoms with E-state index in [1.54, 1.807) is 6.07 Å². The van der Waals surface area contributed by atoms with Gasteiger partial charge in [0.05, 0.1) is 19.3 Å². The predicted molar refractivity (Wildman–Crippen MR) is 124 cm³/mol. The number of nitrogens with one attached hydrogen (secondary N) is 2. The molecule has 5 rings (SSSR count). The van der Waals surface area contributed by atoms with E-state index in [1.807, 2.05) is 34.9 Å². The molecule has 2 aliphatic rings. The number of piperidine rings is 1. The molecule has 0 spiro atoms. The molecule has 2 aromatic heterocycles. The van der Waals surface area contributed by atoms with Crippen molar-refractivity contribution in [3.8, 4) is 0 Å². The lowest BCUT2D eigenvalue weighted by molar-refractivity contribution is -0.117. The van der Waals surface area contributed by atoms with Crippen LogP contribution in [0.2, 0.25) is 0 Å². The third-order valence-electron chi connectivity index (χ3n) is 6.34. The van der Waals surface area contributed by atoms with Crippen LogP contribution in [0.3, 0.4) is 0 Å². The highest BCUT2D eigenvalue weighted by molar-refractivity contribution is 9.10. The van der Waals surface area contributed by atoms with Crippen LogP contribution in [-0.4, -0.2) is 53.1 Å². The number of aromatic amines is 1. The summed E-state index contributed by atoms with van der Waals surface area (Å²) in [6.07, 6.45) is 1.03. The molecule has 1 saturated heterocycles. The van der Waals surface area contributed by atoms with E-state index in [4.69, 9.17) is 4.74 Å². The molecule has 0 aliphatic carbocycles. The van der Waals surface area contributed by atoms with Crippen LogP contribution in [0.5, 0.6) is 0 Å². The monoisotopic (exact) mass is 498 g/mol. The summed E-state index contributed by atoms with van der Waals surface area (Å²) in [5.74, 6) is -0.161. The number of pyridine rings is 1. The molecule has 1 aromatic carbocycles. The summed E-state index contributed by atoms with van der Waals surface area (Å²) in [6.45, 7) is 2.38. The number of carbonyl (C=O) groups excluding carboxylic acids is 2. The Kier molecular flexibility index (Phi) is 5.38. The number of aromatic nitrogens is 2. The Morgan fingerprint density at radius 1 is 1.22 bits per heavy atom. The van der Waals surface area contributed by atoms with Crippen molar-refractivity contribution in [2.75, 3.05) is 32.1 Å². The maximum Gasteiger partial charge on any atom is 0.356 e. The highest BCUT2D eigenvalue weighted by Gasteiger charge is 2.35. The zero-order valence-electron chi connectivity index (χ0n) is 17.6. The molecule has 9 heteroatoms. The van der Waals surface area contributed by atoms with Crippen LogP contribution in [0.1, 0.15) is 28.5 Å². The van der Waals surface area contributed by atoms with Crippen molar-refractivity contribution in [3.63, 3.8) is 0 Å². The van der Waals surface area contributed by atoms with Gasteiger partial charge in [-0.15, -0.1) is 0 Å². The summed E-state index contributed by atoms with van der Waals surface area (Å²) in [7, 11) is 1.31. The maximum absolute atomic E-state index is 13.0. The molecule has 3 aromatic rings. The predicted octanol–water partition coefficient (Wildman–Crippen LogP) is 2.94. The van der Waals surface area contributed by atoms with Gasteiger partial charge in [-0.2, -0.15) is 0 Å². The number of esters is 1. The number of hydrogen-bond donors (Lipinski definition) is 2. The van der Waals surface area contributed by atoms with Gasteiger partial charge in [-0.1, -0.05) is 22.0 Å². The van der Waals surface area contributed by atoms with Crippen molar-refractivity contribution in [1.29, 1.82) is 0 Å². The molecule has 32 heavy (non-hydrogen) atoms. The minimum Gasteiger partial charge on any atom is -0.464 e. The number of methoxy groups -OCH3 is 1. The molecule has 2 aliphatic heterocycles. The van der Waals surface area contributed by atoms with E-state index in [-0.39, 0.29) is 29.6 Å². The van der Waals surface area contributed by atoms with Gasteiger partial charge in [-0.3, -0.25) is 14.5 Å². The molecule has 166 valence electrons. The fourth-order valence-electron chi connectivity index (χ4n) is 5.06. The van der Waals surface area contributed by atoms with Crippen LogP contribution >= 0.6 is 15.9 Å². The van der Waals surface area contributed by atoms with Gasteiger partial charge in [0.2, 0.25) is 5.91 Å². The number of amides is 1. The Hall–Kier alpha value is -2.91. The van der Waals surface area contributed by atoms with Gasteiger partial charge in [0, 0.05) is 52.7 Å². The first-order valence-electron chi connectivity index (χ1n) is 10.5. The second-order valence-electron chi connectivity index (χ2n) is 8.50.